The second-order valence-electron chi connectivity index (χ2n) is 4.58. The van der Waals surface area contributed by atoms with E-state index in [-0.39, 0.29) is 5.56 Å². The highest BCUT2D eigenvalue weighted by Crippen LogP contribution is 2.29. The third kappa shape index (κ3) is 3.56. The van der Waals surface area contributed by atoms with Crippen LogP contribution in [0, 0.1) is 0 Å². The van der Waals surface area contributed by atoms with Crippen LogP contribution in [0.1, 0.15) is 31.0 Å². The Morgan fingerprint density at radius 1 is 1.29 bits per heavy atom. The minimum atomic E-state index is -2.50. The number of hydrogen-bond acceptors (Lipinski definition) is 3. The fourth-order valence-corrected chi connectivity index (χ4v) is 2.58. The standard InChI is InChI=1S/C15H16BrF2N3/c1-3-5-11-12(16)15(19-2)21-14(20-11)10-7-4-6-9(8-10)13(17)18/h4,6-8,13H,3,5H2,1-2H3,(H,19,20,21). The van der Waals surface area contributed by atoms with Crippen molar-refractivity contribution in [1.82, 2.24) is 9.97 Å². The lowest BCUT2D eigenvalue weighted by Crippen LogP contribution is -2.03. The van der Waals surface area contributed by atoms with Gasteiger partial charge >= 0.3 is 0 Å². The molecular weight excluding hydrogens is 340 g/mol. The van der Waals surface area contributed by atoms with Gasteiger partial charge in [0.25, 0.3) is 6.43 Å². The van der Waals surface area contributed by atoms with Crippen LogP contribution in [0.5, 0.6) is 0 Å². The largest absolute Gasteiger partial charge is 0.372 e. The highest BCUT2D eigenvalue weighted by molar-refractivity contribution is 9.10. The normalized spacial score (nSPS) is 11.0. The van der Waals surface area contributed by atoms with E-state index in [1.807, 2.05) is 0 Å². The molecule has 0 aliphatic rings. The van der Waals surface area contributed by atoms with Gasteiger partial charge in [0.1, 0.15) is 5.82 Å². The maximum Gasteiger partial charge on any atom is 0.263 e. The molecule has 0 aliphatic carbocycles. The third-order valence-corrected chi connectivity index (χ3v) is 3.87. The summed E-state index contributed by atoms with van der Waals surface area (Å²) in [4.78, 5) is 8.89. The monoisotopic (exact) mass is 355 g/mol. The Kier molecular flexibility index (Phi) is 5.22. The van der Waals surface area contributed by atoms with E-state index in [2.05, 4.69) is 38.1 Å². The van der Waals surface area contributed by atoms with Crippen molar-refractivity contribution in [3.05, 3.63) is 40.0 Å². The van der Waals surface area contributed by atoms with Gasteiger partial charge in [-0.05, 0) is 28.4 Å². The number of benzene rings is 1. The number of alkyl halides is 2. The van der Waals surface area contributed by atoms with Gasteiger partial charge in [-0.15, -0.1) is 0 Å². The molecule has 0 bridgehead atoms. The molecule has 112 valence electrons. The molecule has 3 nitrogen and oxygen atoms in total. The quantitative estimate of drug-likeness (QED) is 0.833. The van der Waals surface area contributed by atoms with E-state index >= 15 is 0 Å². The average molecular weight is 356 g/mol. The fourth-order valence-electron chi connectivity index (χ4n) is 2.00. The molecule has 0 atom stereocenters. The van der Waals surface area contributed by atoms with E-state index in [4.69, 9.17) is 0 Å². The number of anilines is 1. The molecule has 0 fully saturated rings. The highest BCUT2D eigenvalue weighted by Gasteiger charge is 2.14. The predicted octanol–water partition coefficient (Wildman–Crippen LogP) is 4.84. The molecule has 1 aromatic carbocycles. The summed E-state index contributed by atoms with van der Waals surface area (Å²) in [5, 5.41) is 3.00. The van der Waals surface area contributed by atoms with Gasteiger partial charge in [0, 0.05) is 18.2 Å². The highest BCUT2D eigenvalue weighted by atomic mass is 79.9. The van der Waals surface area contributed by atoms with E-state index in [0.29, 0.717) is 17.2 Å². The summed E-state index contributed by atoms with van der Waals surface area (Å²) in [5.74, 6) is 1.11. The van der Waals surface area contributed by atoms with Crippen LogP contribution in [0.3, 0.4) is 0 Å². The number of halogens is 3. The van der Waals surface area contributed by atoms with Crippen molar-refractivity contribution in [1.29, 1.82) is 0 Å². The predicted molar refractivity (Wildman–Crippen MR) is 83.7 cm³/mol. The van der Waals surface area contributed by atoms with E-state index < -0.39 is 6.43 Å². The molecule has 0 unspecified atom stereocenters. The molecule has 0 saturated heterocycles. The van der Waals surface area contributed by atoms with Gasteiger partial charge in [-0.3, -0.25) is 0 Å². The summed E-state index contributed by atoms with van der Waals surface area (Å²) >= 11 is 3.48. The first-order valence-corrected chi connectivity index (χ1v) is 7.48. The van der Waals surface area contributed by atoms with Crippen LogP contribution >= 0.6 is 15.9 Å². The van der Waals surface area contributed by atoms with Gasteiger partial charge in [0.05, 0.1) is 10.2 Å². The zero-order valence-electron chi connectivity index (χ0n) is 11.8. The summed E-state index contributed by atoms with van der Waals surface area (Å²) in [6.07, 6.45) is -0.770. The van der Waals surface area contributed by atoms with Gasteiger partial charge in [-0.25, -0.2) is 18.7 Å². The molecule has 2 rings (SSSR count). The lowest BCUT2D eigenvalue weighted by atomic mass is 10.1. The smallest absolute Gasteiger partial charge is 0.263 e. The van der Waals surface area contributed by atoms with Crippen molar-refractivity contribution in [3.63, 3.8) is 0 Å². The first-order chi connectivity index (χ1) is 10.1. The number of aryl methyl sites for hydroxylation is 1. The molecule has 6 heteroatoms. The molecule has 0 amide bonds. The van der Waals surface area contributed by atoms with E-state index in [0.717, 1.165) is 23.0 Å². The van der Waals surface area contributed by atoms with Crippen molar-refractivity contribution in [3.8, 4) is 11.4 Å². The Bertz CT molecular complexity index is 632. The van der Waals surface area contributed by atoms with Crippen LogP contribution in [0.2, 0.25) is 0 Å². The lowest BCUT2D eigenvalue weighted by molar-refractivity contribution is 0.151. The van der Waals surface area contributed by atoms with Crippen molar-refractivity contribution in [2.75, 3.05) is 12.4 Å². The molecule has 0 saturated carbocycles. The van der Waals surface area contributed by atoms with E-state index in [9.17, 15) is 8.78 Å². The maximum atomic E-state index is 12.8. The average Bonchev–Trinajstić information content (AvgIpc) is 2.49. The molecule has 1 aromatic heterocycles. The SMILES string of the molecule is CCCc1nc(-c2cccc(C(F)F)c2)nc(NC)c1Br. The van der Waals surface area contributed by atoms with Crippen LogP contribution in [0.25, 0.3) is 11.4 Å². The van der Waals surface area contributed by atoms with Gasteiger partial charge in [0.2, 0.25) is 0 Å². The second kappa shape index (κ2) is 6.93. The van der Waals surface area contributed by atoms with E-state index in [1.54, 1.807) is 19.2 Å². The Morgan fingerprint density at radius 2 is 2.05 bits per heavy atom. The topological polar surface area (TPSA) is 37.8 Å². The van der Waals surface area contributed by atoms with Crippen molar-refractivity contribution in [2.45, 2.75) is 26.2 Å². The molecule has 0 spiro atoms. The summed E-state index contributed by atoms with van der Waals surface area (Å²) in [5.41, 5.74) is 1.44. The molecular formula is C15H16BrF2N3. The Hall–Kier alpha value is -1.56. The minimum absolute atomic E-state index is 0.0259. The van der Waals surface area contributed by atoms with Crippen LogP contribution in [0.15, 0.2) is 28.7 Å². The number of aromatic nitrogens is 2. The summed E-state index contributed by atoms with van der Waals surface area (Å²) in [6, 6.07) is 6.17. The number of rotatable bonds is 5. The van der Waals surface area contributed by atoms with Gasteiger partial charge in [-0.2, -0.15) is 0 Å². The summed E-state index contributed by atoms with van der Waals surface area (Å²) in [7, 11) is 1.77. The van der Waals surface area contributed by atoms with Crippen LogP contribution < -0.4 is 5.32 Å². The van der Waals surface area contributed by atoms with Crippen molar-refractivity contribution in [2.24, 2.45) is 0 Å². The summed E-state index contributed by atoms with van der Waals surface area (Å²) in [6.45, 7) is 2.06. The molecule has 0 aliphatic heterocycles. The molecule has 2 aromatic rings. The lowest BCUT2D eigenvalue weighted by Gasteiger charge is -2.11. The minimum Gasteiger partial charge on any atom is -0.372 e. The van der Waals surface area contributed by atoms with Crippen LogP contribution in [-0.2, 0) is 6.42 Å². The molecule has 21 heavy (non-hydrogen) atoms. The second-order valence-corrected chi connectivity index (χ2v) is 5.38. The zero-order valence-corrected chi connectivity index (χ0v) is 13.4. The Balaban J connectivity index is 2.52. The third-order valence-electron chi connectivity index (χ3n) is 3.04. The maximum absolute atomic E-state index is 12.8. The molecule has 1 heterocycles. The number of hydrogen-bond donors (Lipinski definition) is 1. The first kappa shape index (κ1) is 15.8. The van der Waals surface area contributed by atoms with Gasteiger partial charge in [-0.1, -0.05) is 31.5 Å². The van der Waals surface area contributed by atoms with Gasteiger partial charge in [0.15, 0.2) is 5.82 Å². The summed E-state index contributed by atoms with van der Waals surface area (Å²) < 4.78 is 26.4. The van der Waals surface area contributed by atoms with Crippen LogP contribution in [0.4, 0.5) is 14.6 Å². The molecule has 0 radical (unpaired) electrons. The Labute approximate surface area is 131 Å². The van der Waals surface area contributed by atoms with Crippen molar-refractivity contribution >= 4 is 21.7 Å². The van der Waals surface area contributed by atoms with E-state index in [1.165, 1.54) is 12.1 Å². The van der Waals surface area contributed by atoms with Gasteiger partial charge < -0.3 is 5.32 Å². The number of nitrogens with one attached hydrogen (secondary N) is 1. The first-order valence-electron chi connectivity index (χ1n) is 6.69. The fraction of sp³-hybridized carbons (Fsp3) is 0.333. The molecule has 1 N–H and O–H groups in total. The zero-order chi connectivity index (χ0) is 15.4. The van der Waals surface area contributed by atoms with Crippen molar-refractivity contribution < 1.29 is 8.78 Å². The Morgan fingerprint density at radius 3 is 2.67 bits per heavy atom. The number of nitrogens with zero attached hydrogens (tertiary/aromatic N) is 2. The van der Waals surface area contributed by atoms with Crippen LogP contribution in [-0.4, -0.2) is 17.0 Å².